The molecule has 0 saturated heterocycles. The summed E-state index contributed by atoms with van der Waals surface area (Å²) in [5.41, 5.74) is 0. The Hall–Kier alpha value is -0.870. The number of nitrogens with zero attached hydrogens (tertiary/aromatic N) is 2. The average molecular weight is 241 g/mol. The van der Waals surface area contributed by atoms with Crippen LogP contribution < -0.4 is 4.57 Å². The molecular formula is C13H25N2O2+. The van der Waals surface area contributed by atoms with Crippen molar-refractivity contribution in [2.75, 3.05) is 27.4 Å². The molecular weight excluding hydrogens is 216 g/mol. The van der Waals surface area contributed by atoms with Crippen molar-refractivity contribution in [2.24, 2.45) is 0 Å². The number of aromatic nitrogens is 2. The molecule has 2 atom stereocenters. The summed E-state index contributed by atoms with van der Waals surface area (Å²) in [6.45, 7) is 5.87. The van der Waals surface area contributed by atoms with Crippen LogP contribution in [0.25, 0.3) is 0 Å². The predicted octanol–water partition coefficient (Wildman–Crippen LogP) is 1.97. The van der Waals surface area contributed by atoms with Crippen molar-refractivity contribution in [3.63, 3.8) is 0 Å². The average Bonchev–Trinajstić information content (AvgIpc) is 2.82. The highest BCUT2D eigenvalue weighted by molar-refractivity contribution is 4.75. The highest BCUT2D eigenvalue weighted by Gasteiger charge is 2.18. The summed E-state index contributed by atoms with van der Waals surface area (Å²) >= 11 is 0. The van der Waals surface area contributed by atoms with Crippen molar-refractivity contribution in [1.29, 1.82) is 0 Å². The molecule has 0 N–H and O–H groups in total. The van der Waals surface area contributed by atoms with Crippen LogP contribution in [-0.4, -0.2) is 32.0 Å². The Morgan fingerprint density at radius 3 is 2.35 bits per heavy atom. The van der Waals surface area contributed by atoms with Crippen LogP contribution >= 0.6 is 0 Å². The van der Waals surface area contributed by atoms with E-state index in [9.17, 15) is 0 Å². The van der Waals surface area contributed by atoms with Crippen LogP contribution in [0.1, 0.15) is 38.8 Å². The molecule has 4 nitrogen and oxygen atoms in total. The van der Waals surface area contributed by atoms with E-state index in [0.717, 1.165) is 26.1 Å². The van der Waals surface area contributed by atoms with Gasteiger partial charge in [0.2, 0.25) is 6.33 Å². The molecule has 0 aromatic carbocycles. The Kier molecular flexibility index (Phi) is 6.22. The number of hydrogen-bond acceptors (Lipinski definition) is 2. The van der Waals surface area contributed by atoms with Gasteiger partial charge in [-0.05, 0) is 12.8 Å². The Morgan fingerprint density at radius 2 is 1.82 bits per heavy atom. The van der Waals surface area contributed by atoms with Gasteiger partial charge in [-0.3, -0.25) is 0 Å². The van der Waals surface area contributed by atoms with Crippen molar-refractivity contribution in [1.82, 2.24) is 4.57 Å². The smallest absolute Gasteiger partial charge is 0.244 e. The van der Waals surface area contributed by atoms with E-state index in [1.54, 1.807) is 14.2 Å². The molecule has 1 aromatic heterocycles. The van der Waals surface area contributed by atoms with Crippen molar-refractivity contribution in [3.05, 3.63) is 18.7 Å². The van der Waals surface area contributed by atoms with Crippen LogP contribution in [0.4, 0.5) is 0 Å². The monoisotopic (exact) mass is 241 g/mol. The zero-order chi connectivity index (χ0) is 12.7. The second kappa shape index (κ2) is 7.45. The van der Waals surface area contributed by atoms with E-state index in [-0.39, 0.29) is 0 Å². The maximum absolute atomic E-state index is 5.24. The van der Waals surface area contributed by atoms with Gasteiger partial charge in [0, 0.05) is 14.2 Å². The molecule has 0 saturated carbocycles. The minimum absolute atomic E-state index is 0.418. The summed E-state index contributed by atoms with van der Waals surface area (Å²) in [6, 6.07) is 0.836. The molecule has 17 heavy (non-hydrogen) atoms. The Labute approximate surface area is 104 Å². The van der Waals surface area contributed by atoms with Gasteiger partial charge >= 0.3 is 0 Å². The molecule has 4 heteroatoms. The largest absolute Gasteiger partial charge is 0.380 e. The van der Waals surface area contributed by atoms with E-state index < -0.39 is 0 Å². The second-order valence-corrected chi connectivity index (χ2v) is 4.34. The van der Waals surface area contributed by atoms with Gasteiger partial charge in [0.25, 0.3) is 0 Å². The van der Waals surface area contributed by atoms with Crippen LogP contribution in [-0.2, 0) is 9.47 Å². The first-order chi connectivity index (χ1) is 8.26. The molecule has 0 fully saturated rings. The quantitative estimate of drug-likeness (QED) is 0.651. The maximum atomic E-state index is 5.24. The molecule has 0 bridgehead atoms. The predicted molar refractivity (Wildman–Crippen MR) is 67.0 cm³/mol. The highest BCUT2D eigenvalue weighted by atomic mass is 16.5. The molecule has 0 aliphatic carbocycles. The van der Waals surface area contributed by atoms with Crippen molar-refractivity contribution in [2.45, 2.75) is 38.8 Å². The zero-order valence-electron chi connectivity index (χ0n) is 11.4. The number of hydrogen-bond donors (Lipinski definition) is 0. The maximum Gasteiger partial charge on any atom is 0.244 e. The Bertz CT molecular complexity index is 284. The van der Waals surface area contributed by atoms with Gasteiger partial charge in [0.05, 0.1) is 13.2 Å². The molecule has 1 heterocycles. The van der Waals surface area contributed by atoms with Gasteiger partial charge < -0.3 is 9.47 Å². The van der Waals surface area contributed by atoms with Crippen LogP contribution in [0.5, 0.6) is 0 Å². The SMILES string of the molecule is CCC(COC)n1cc[n+](C(CC)COC)c1. The van der Waals surface area contributed by atoms with Crippen LogP contribution in [0, 0.1) is 0 Å². The molecule has 1 rings (SSSR count). The lowest BCUT2D eigenvalue weighted by Crippen LogP contribution is -2.40. The molecule has 0 amide bonds. The van der Waals surface area contributed by atoms with Crippen molar-refractivity contribution < 1.29 is 14.0 Å². The summed E-state index contributed by atoms with van der Waals surface area (Å²) in [7, 11) is 3.50. The van der Waals surface area contributed by atoms with Gasteiger partial charge in [-0.1, -0.05) is 13.8 Å². The third-order valence-corrected chi connectivity index (χ3v) is 3.18. The van der Waals surface area contributed by atoms with Crippen molar-refractivity contribution in [3.8, 4) is 0 Å². The number of ether oxygens (including phenoxy) is 2. The normalized spacial score (nSPS) is 14.8. The topological polar surface area (TPSA) is 27.3 Å². The molecule has 0 aliphatic heterocycles. The van der Waals surface area contributed by atoms with E-state index in [2.05, 4.69) is 41.7 Å². The fourth-order valence-corrected chi connectivity index (χ4v) is 2.03. The fourth-order valence-electron chi connectivity index (χ4n) is 2.03. The highest BCUT2D eigenvalue weighted by Crippen LogP contribution is 2.11. The van der Waals surface area contributed by atoms with Gasteiger partial charge in [0.1, 0.15) is 24.5 Å². The summed E-state index contributed by atoms with van der Waals surface area (Å²) in [5, 5.41) is 0. The standard InChI is InChI=1S/C13H25N2O2/c1-5-12(9-16-3)14-7-8-15(11-14)13(6-2)10-17-4/h7-8,11-13H,5-6,9-10H2,1-4H3/q+1. The lowest BCUT2D eigenvalue weighted by molar-refractivity contribution is -0.724. The fraction of sp³-hybridized carbons (Fsp3) is 0.769. The molecule has 0 spiro atoms. The number of rotatable bonds is 8. The van der Waals surface area contributed by atoms with Crippen LogP contribution in [0.2, 0.25) is 0 Å². The first kappa shape index (κ1) is 14.2. The Balaban J connectivity index is 2.74. The third kappa shape index (κ3) is 3.82. The first-order valence-corrected chi connectivity index (χ1v) is 6.32. The minimum Gasteiger partial charge on any atom is -0.380 e. The minimum atomic E-state index is 0.418. The van der Waals surface area contributed by atoms with Crippen molar-refractivity contribution >= 4 is 0 Å². The van der Waals surface area contributed by atoms with Crippen LogP contribution in [0.15, 0.2) is 18.7 Å². The molecule has 0 aliphatic rings. The van der Waals surface area contributed by atoms with Gasteiger partial charge in [-0.2, -0.15) is 0 Å². The van der Waals surface area contributed by atoms with E-state index in [4.69, 9.17) is 9.47 Å². The second-order valence-electron chi connectivity index (χ2n) is 4.34. The zero-order valence-corrected chi connectivity index (χ0v) is 11.4. The van der Waals surface area contributed by atoms with Crippen LogP contribution in [0.3, 0.4) is 0 Å². The molecule has 0 radical (unpaired) electrons. The number of methoxy groups -OCH3 is 2. The van der Waals surface area contributed by atoms with E-state index in [0.29, 0.717) is 12.1 Å². The summed E-state index contributed by atoms with van der Waals surface area (Å²) in [6.07, 6.45) is 8.53. The Morgan fingerprint density at radius 1 is 1.12 bits per heavy atom. The third-order valence-electron chi connectivity index (χ3n) is 3.18. The lowest BCUT2D eigenvalue weighted by Gasteiger charge is -2.11. The number of imidazole rings is 1. The summed E-state index contributed by atoms with van der Waals surface area (Å²) < 4.78 is 14.9. The van der Waals surface area contributed by atoms with Gasteiger partial charge in [-0.15, -0.1) is 0 Å². The molecule has 1 aromatic rings. The van der Waals surface area contributed by atoms with Gasteiger partial charge in [-0.25, -0.2) is 9.13 Å². The molecule has 2 unspecified atom stereocenters. The summed E-state index contributed by atoms with van der Waals surface area (Å²) in [5.74, 6) is 0. The van der Waals surface area contributed by atoms with E-state index in [1.165, 1.54) is 0 Å². The summed E-state index contributed by atoms with van der Waals surface area (Å²) in [4.78, 5) is 0. The molecule has 98 valence electrons. The van der Waals surface area contributed by atoms with E-state index >= 15 is 0 Å². The van der Waals surface area contributed by atoms with Gasteiger partial charge in [0.15, 0.2) is 0 Å². The first-order valence-electron chi connectivity index (χ1n) is 6.32. The van der Waals surface area contributed by atoms with E-state index in [1.807, 2.05) is 0 Å². The lowest BCUT2D eigenvalue weighted by atomic mass is 10.2.